The third-order valence-electron chi connectivity index (χ3n) is 2.35. The van der Waals surface area contributed by atoms with Gasteiger partial charge in [0.1, 0.15) is 17.8 Å². The van der Waals surface area contributed by atoms with Gasteiger partial charge in [0.05, 0.1) is 21.1 Å². The van der Waals surface area contributed by atoms with Crippen molar-refractivity contribution in [3.63, 3.8) is 0 Å². The third kappa shape index (κ3) is 0.982. The Balaban J connectivity index is 2.26. The summed E-state index contributed by atoms with van der Waals surface area (Å²) in [6.45, 7) is -0.948. The lowest BCUT2D eigenvalue weighted by Gasteiger charge is -2.38. The summed E-state index contributed by atoms with van der Waals surface area (Å²) in [4.78, 5) is 5.19. The number of aliphatic hydroxyl groups is 2. The predicted octanol–water partition coefficient (Wildman–Crippen LogP) is -1.65. The Hall–Kier alpha value is -0.200. The molecular formula is C7H13NO4. The number of nitrogens with zero attached hydrogens (tertiary/aromatic N) is 1. The van der Waals surface area contributed by atoms with Gasteiger partial charge in [-0.15, -0.1) is 0 Å². The van der Waals surface area contributed by atoms with E-state index in [1.165, 1.54) is 5.06 Å². The molecule has 0 saturated carbocycles. The van der Waals surface area contributed by atoms with Crippen LogP contribution in [0.2, 0.25) is 0 Å². The summed E-state index contributed by atoms with van der Waals surface area (Å²) in [5, 5.41) is 20.3. The molecule has 0 radical (unpaired) electrons. The van der Waals surface area contributed by atoms with E-state index < -0.39 is 24.4 Å². The Labute approximate surface area is 71.9 Å². The number of ether oxygens (including phenoxy) is 1. The van der Waals surface area contributed by atoms with E-state index in [4.69, 9.17) is 16.1 Å². The van der Waals surface area contributed by atoms with Gasteiger partial charge in [-0.2, -0.15) is 5.06 Å². The predicted molar refractivity (Wildman–Crippen MR) is 39.3 cm³/mol. The van der Waals surface area contributed by atoms with Crippen LogP contribution >= 0.6 is 0 Å². The van der Waals surface area contributed by atoms with Crippen LogP contribution in [0.4, 0.5) is 0 Å². The molecule has 2 aliphatic rings. The maximum Gasteiger partial charge on any atom is 0.135 e. The van der Waals surface area contributed by atoms with Crippen LogP contribution in [0, 0.1) is 0 Å². The van der Waals surface area contributed by atoms with Crippen molar-refractivity contribution in [1.82, 2.24) is 5.06 Å². The molecule has 2 bridgehead atoms. The molecule has 2 saturated heterocycles. The standard InChI is InChI=1S/C7H13NO4/c1-8-3-7(4-9)6(10)5(12-8)2-11-7/h5-6,9-10H,2-4H2,1H3/t5-,6?,7-/m1/s1/i2T/t2?,5-,6?,7-. The van der Waals surface area contributed by atoms with Crippen molar-refractivity contribution in [2.24, 2.45) is 0 Å². The number of aliphatic hydroxyl groups excluding tert-OH is 2. The molecule has 12 heavy (non-hydrogen) atoms. The van der Waals surface area contributed by atoms with Crippen molar-refractivity contribution in [2.75, 3.05) is 26.8 Å². The Morgan fingerprint density at radius 2 is 2.58 bits per heavy atom. The molecule has 0 aromatic carbocycles. The van der Waals surface area contributed by atoms with Crippen LogP contribution in [0.25, 0.3) is 0 Å². The Morgan fingerprint density at radius 1 is 1.83 bits per heavy atom. The average molecular weight is 177 g/mol. The van der Waals surface area contributed by atoms with E-state index in [2.05, 4.69) is 0 Å². The molecule has 2 N–H and O–H groups in total. The van der Waals surface area contributed by atoms with E-state index in [0.717, 1.165) is 0 Å². The Morgan fingerprint density at radius 3 is 3.25 bits per heavy atom. The second kappa shape index (κ2) is 2.65. The molecule has 70 valence electrons. The van der Waals surface area contributed by atoms with Gasteiger partial charge in [0.2, 0.25) is 0 Å². The molecule has 5 nitrogen and oxygen atoms in total. The Kier molecular flexibility index (Phi) is 1.59. The minimum absolute atomic E-state index is 0.274. The van der Waals surface area contributed by atoms with E-state index in [0.29, 0.717) is 0 Å². The monoisotopic (exact) mass is 177 g/mol. The van der Waals surface area contributed by atoms with Crippen molar-refractivity contribution >= 4 is 0 Å². The summed E-state index contributed by atoms with van der Waals surface area (Å²) in [7, 11) is 1.69. The number of fused-ring (bicyclic) bond motifs is 2. The molecule has 2 aliphatic heterocycles. The molecule has 0 aliphatic carbocycles. The summed E-state index contributed by atoms with van der Waals surface area (Å²) in [6, 6.07) is 0. The number of hydrogen-bond donors (Lipinski definition) is 2. The first kappa shape index (κ1) is 7.23. The smallest absolute Gasteiger partial charge is 0.135 e. The van der Waals surface area contributed by atoms with Gasteiger partial charge in [-0.1, -0.05) is 0 Å². The quantitative estimate of drug-likeness (QED) is 0.502. The lowest BCUT2D eigenvalue weighted by atomic mass is 9.95. The molecule has 5 heteroatoms. The zero-order chi connectivity index (χ0) is 9.64. The third-order valence-corrected chi connectivity index (χ3v) is 2.35. The van der Waals surface area contributed by atoms with E-state index in [1.807, 2.05) is 0 Å². The van der Waals surface area contributed by atoms with Crippen LogP contribution in [0.1, 0.15) is 1.37 Å². The summed E-state index contributed by atoms with van der Waals surface area (Å²) >= 11 is 0. The molecule has 0 aromatic rings. The zero-order valence-electron chi connectivity index (χ0n) is 7.80. The molecule has 0 amide bonds. The minimum atomic E-state index is -1.04. The minimum Gasteiger partial charge on any atom is -0.393 e. The highest BCUT2D eigenvalue weighted by Crippen LogP contribution is 2.33. The van der Waals surface area contributed by atoms with Crippen molar-refractivity contribution < 1.29 is 21.2 Å². The van der Waals surface area contributed by atoms with Crippen LogP contribution in [-0.2, 0) is 9.57 Å². The maximum absolute atomic E-state index is 9.69. The fraction of sp³-hybridized carbons (Fsp3) is 1.00. The van der Waals surface area contributed by atoms with E-state index in [9.17, 15) is 5.11 Å². The Bertz CT molecular complexity index is 213. The molecular weight excluding hydrogens is 162 g/mol. The van der Waals surface area contributed by atoms with E-state index in [1.54, 1.807) is 7.05 Å². The first-order valence-corrected chi connectivity index (χ1v) is 3.86. The second-order valence-electron chi connectivity index (χ2n) is 3.28. The highest BCUT2D eigenvalue weighted by molar-refractivity contribution is 5.01. The van der Waals surface area contributed by atoms with Crippen LogP contribution in [0.3, 0.4) is 0 Å². The molecule has 2 unspecified atom stereocenters. The van der Waals surface area contributed by atoms with Gasteiger partial charge in [0.15, 0.2) is 0 Å². The summed E-state index contributed by atoms with van der Waals surface area (Å²) in [5.41, 5.74) is -1.04. The molecule has 2 fully saturated rings. The molecule has 0 aromatic heterocycles. The first-order chi connectivity index (χ1) is 6.09. The van der Waals surface area contributed by atoms with Gasteiger partial charge >= 0.3 is 0 Å². The van der Waals surface area contributed by atoms with Crippen molar-refractivity contribution in [2.45, 2.75) is 17.8 Å². The highest BCUT2D eigenvalue weighted by Gasteiger charge is 2.54. The van der Waals surface area contributed by atoms with Crippen LogP contribution in [0.5, 0.6) is 0 Å². The molecule has 2 heterocycles. The van der Waals surface area contributed by atoms with Gasteiger partial charge in [-0.25, -0.2) is 0 Å². The van der Waals surface area contributed by atoms with Crippen molar-refractivity contribution in [1.29, 1.82) is 0 Å². The summed E-state index contributed by atoms with van der Waals surface area (Å²) in [6.07, 6.45) is -1.61. The van der Waals surface area contributed by atoms with Gasteiger partial charge in [-0.3, -0.25) is 4.84 Å². The topological polar surface area (TPSA) is 62.2 Å². The van der Waals surface area contributed by atoms with Gasteiger partial charge in [-0.05, 0) is 0 Å². The van der Waals surface area contributed by atoms with Crippen molar-refractivity contribution in [3.05, 3.63) is 0 Å². The zero-order valence-corrected chi connectivity index (χ0v) is 6.80. The number of hydrogen-bond acceptors (Lipinski definition) is 5. The van der Waals surface area contributed by atoms with Crippen LogP contribution in [0.15, 0.2) is 0 Å². The van der Waals surface area contributed by atoms with E-state index >= 15 is 0 Å². The summed E-state index contributed by atoms with van der Waals surface area (Å²) < 4.78 is 12.7. The lowest BCUT2D eigenvalue weighted by Crippen LogP contribution is -2.58. The second-order valence-corrected chi connectivity index (χ2v) is 3.28. The molecule has 2 rings (SSSR count). The SMILES string of the molecule is [3H]C1O[C@@]2(CO)CN(C)O[C@H]1C2O. The number of rotatable bonds is 1. The highest BCUT2D eigenvalue weighted by atomic mass is 16.7. The van der Waals surface area contributed by atoms with Gasteiger partial charge in [0.25, 0.3) is 0 Å². The van der Waals surface area contributed by atoms with Crippen LogP contribution < -0.4 is 0 Å². The number of hydroxylamine groups is 2. The van der Waals surface area contributed by atoms with Crippen molar-refractivity contribution in [3.8, 4) is 0 Å². The number of likely N-dealkylation sites (N-methyl/N-ethyl adjacent to an activating group) is 1. The lowest BCUT2D eigenvalue weighted by molar-refractivity contribution is -0.255. The van der Waals surface area contributed by atoms with Gasteiger partial charge in [0, 0.05) is 7.05 Å². The van der Waals surface area contributed by atoms with E-state index in [-0.39, 0.29) is 13.2 Å². The molecule has 4 atom stereocenters. The van der Waals surface area contributed by atoms with Gasteiger partial charge < -0.3 is 14.9 Å². The largest absolute Gasteiger partial charge is 0.393 e. The van der Waals surface area contributed by atoms with Crippen LogP contribution in [-0.4, -0.2) is 59.9 Å². The maximum atomic E-state index is 9.69. The first-order valence-electron chi connectivity index (χ1n) is 4.44. The molecule has 0 spiro atoms. The average Bonchev–Trinajstić information content (AvgIpc) is 2.26. The summed E-state index contributed by atoms with van der Waals surface area (Å²) in [5.74, 6) is 0. The fourth-order valence-electron chi connectivity index (χ4n) is 1.66. The normalized spacial score (nSPS) is 55.6. The fourth-order valence-corrected chi connectivity index (χ4v) is 1.66.